The lowest BCUT2D eigenvalue weighted by Crippen LogP contribution is -2.23. The van der Waals surface area contributed by atoms with Gasteiger partial charge in [0, 0.05) is 0 Å². The van der Waals surface area contributed by atoms with Gasteiger partial charge in [-0.3, -0.25) is 0 Å². The minimum atomic E-state index is -0.685. The average molecular weight is 240 g/mol. The second kappa shape index (κ2) is 5.36. The molecule has 0 spiro atoms. The lowest BCUT2D eigenvalue weighted by molar-refractivity contribution is 0.0284. The first-order chi connectivity index (χ1) is 8.69. The third-order valence-electron chi connectivity index (χ3n) is 3.70. The Kier molecular flexibility index (Phi) is 3.83. The average Bonchev–Trinajstić information content (AvgIpc) is 2.47. The number of rotatable bonds is 4. The van der Waals surface area contributed by atoms with E-state index in [1.807, 2.05) is 44.2 Å². The molecule has 2 rings (SSSR count). The van der Waals surface area contributed by atoms with Crippen LogP contribution in [-0.4, -0.2) is 5.11 Å². The standard InChI is InChI=1S/C17H20O/c1-3-17(18,4-2)16-12-10-15(11-13-16)14-8-6-5-7-9-14/h5-13,18H,3-4H2,1-2H3. The Morgan fingerprint density at radius 1 is 0.778 bits per heavy atom. The third kappa shape index (κ3) is 2.46. The smallest absolute Gasteiger partial charge is 0.0891 e. The normalized spacial score (nSPS) is 11.5. The third-order valence-corrected chi connectivity index (χ3v) is 3.70. The van der Waals surface area contributed by atoms with Crippen molar-refractivity contribution in [1.29, 1.82) is 0 Å². The van der Waals surface area contributed by atoms with Crippen LogP contribution in [0.3, 0.4) is 0 Å². The molecule has 0 radical (unpaired) electrons. The van der Waals surface area contributed by atoms with Crippen molar-refractivity contribution in [3.8, 4) is 11.1 Å². The zero-order valence-corrected chi connectivity index (χ0v) is 11.1. The number of hydrogen-bond donors (Lipinski definition) is 1. The van der Waals surface area contributed by atoms with Gasteiger partial charge in [-0.25, -0.2) is 0 Å². The minimum Gasteiger partial charge on any atom is -0.385 e. The molecule has 0 unspecified atom stereocenters. The van der Waals surface area contributed by atoms with Gasteiger partial charge in [-0.1, -0.05) is 68.4 Å². The SMILES string of the molecule is CCC(O)(CC)c1ccc(-c2ccccc2)cc1. The molecular formula is C17H20O. The summed E-state index contributed by atoms with van der Waals surface area (Å²) in [6.07, 6.45) is 1.49. The molecule has 0 aliphatic heterocycles. The summed E-state index contributed by atoms with van der Waals surface area (Å²) in [5.41, 5.74) is 2.72. The highest BCUT2D eigenvalue weighted by molar-refractivity contribution is 5.63. The molecule has 18 heavy (non-hydrogen) atoms. The number of hydrogen-bond acceptors (Lipinski definition) is 1. The van der Waals surface area contributed by atoms with Gasteiger partial charge >= 0.3 is 0 Å². The van der Waals surface area contributed by atoms with Crippen molar-refractivity contribution in [2.45, 2.75) is 32.3 Å². The van der Waals surface area contributed by atoms with E-state index >= 15 is 0 Å². The van der Waals surface area contributed by atoms with Crippen molar-refractivity contribution in [3.05, 3.63) is 60.2 Å². The number of benzene rings is 2. The van der Waals surface area contributed by atoms with Crippen molar-refractivity contribution in [1.82, 2.24) is 0 Å². The molecule has 0 saturated heterocycles. The van der Waals surface area contributed by atoms with E-state index in [2.05, 4.69) is 24.3 Å². The topological polar surface area (TPSA) is 20.2 Å². The summed E-state index contributed by atoms with van der Waals surface area (Å²) < 4.78 is 0. The molecule has 1 nitrogen and oxygen atoms in total. The van der Waals surface area contributed by atoms with E-state index in [4.69, 9.17) is 0 Å². The highest BCUT2D eigenvalue weighted by atomic mass is 16.3. The van der Waals surface area contributed by atoms with Gasteiger partial charge in [0.2, 0.25) is 0 Å². The van der Waals surface area contributed by atoms with E-state index < -0.39 is 5.60 Å². The summed E-state index contributed by atoms with van der Waals surface area (Å²) in [5.74, 6) is 0. The van der Waals surface area contributed by atoms with Gasteiger partial charge in [0.1, 0.15) is 0 Å². The van der Waals surface area contributed by atoms with Crippen LogP contribution in [0, 0.1) is 0 Å². The Bertz CT molecular complexity index is 481. The first-order valence-corrected chi connectivity index (χ1v) is 6.58. The predicted octanol–water partition coefficient (Wildman–Crippen LogP) is 4.36. The van der Waals surface area contributed by atoms with E-state index in [0.717, 1.165) is 18.4 Å². The van der Waals surface area contributed by atoms with Gasteiger partial charge in [-0.05, 0) is 29.5 Å². The zero-order chi connectivity index (χ0) is 13.0. The summed E-state index contributed by atoms with van der Waals surface area (Å²) in [6.45, 7) is 4.04. The van der Waals surface area contributed by atoms with E-state index in [1.54, 1.807) is 0 Å². The van der Waals surface area contributed by atoms with E-state index in [9.17, 15) is 5.11 Å². The highest BCUT2D eigenvalue weighted by Gasteiger charge is 2.24. The molecule has 0 aliphatic carbocycles. The van der Waals surface area contributed by atoms with Crippen LogP contribution in [0.5, 0.6) is 0 Å². The molecule has 0 atom stereocenters. The fraction of sp³-hybridized carbons (Fsp3) is 0.294. The maximum absolute atomic E-state index is 10.5. The quantitative estimate of drug-likeness (QED) is 0.841. The summed E-state index contributed by atoms with van der Waals surface area (Å²) in [4.78, 5) is 0. The number of aliphatic hydroxyl groups is 1. The molecule has 0 fully saturated rings. The van der Waals surface area contributed by atoms with Gasteiger partial charge in [-0.15, -0.1) is 0 Å². The molecule has 1 N–H and O–H groups in total. The maximum Gasteiger partial charge on any atom is 0.0891 e. The van der Waals surface area contributed by atoms with Crippen molar-refractivity contribution < 1.29 is 5.11 Å². The molecule has 0 aromatic heterocycles. The maximum atomic E-state index is 10.5. The molecule has 94 valence electrons. The van der Waals surface area contributed by atoms with Crippen molar-refractivity contribution in [2.24, 2.45) is 0 Å². The second-order valence-corrected chi connectivity index (χ2v) is 4.68. The van der Waals surface area contributed by atoms with Crippen LogP contribution in [0.2, 0.25) is 0 Å². The van der Waals surface area contributed by atoms with Gasteiger partial charge in [-0.2, -0.15) is 0 Å². The van der Waals surface area contributed by atoms with Crippen molar-refractivity contribution >= 4 is 0 Å². The summed E-state index contributed by atoms with van der Waals surface area (Å²) in [6, 6.07) is 18.5. The molecule has 0 saturated carbocycles. The van der Waals surface area contributed by atoms with E-state index in [1.165, 1.54) is 11.1 Å². The Balaban J connectivity index is 2.31. The molecule has 2 aromatic carbocycles. The molecule has 1 heteroatoms. The largest absolute Gasteiger partial charge is 0.385 e. The highest BCUT2D eigenvalue weighted by Crippen LogP contribution is 2.30. The molecule has 0 heterocycles. The molecule has 0 bridgehead atoms. The molecular weight excluding hydrogens is 220 g/mol. The first-order valence-electron chi connectivity index (χ1n) is 6.58. The fourth-order valence-electron chi connectivity index (χ4n) is 2.26. The summed E-state index contributed by atoms with van der Waals surface area (Å²) in [7, 11) is 0. The van der Waals surface area contributed by atoms with Crippen LogP contribution < -0.4 is 0 Å². The molecule has 0 amide bonds. The molecule has 2 aromatic rings. The predicted molar refractivity (Wildman–Crippen MR) is 76.4 cm³/mol. The van der Waals surface area contributed by atoms with Crippen LogP contribution in [0.4, 0.5) is 0 Å². The van der Waals surface area contributed by atoms with Gasteiger partial charge in [0.25, 0.3) is 0 Å². The molecule has 0 aliphatic rings. The van der Waals surface area contributed by atoms with Gasteiger partial charge in [0.05, 0.1) is 5.60 Å². The van der Waals surface area contributed by atoms with Crippen LogP contribution in [0.25, 0.3) is 11.1 Å². The van der Waals surface area contributed by atoms with Crippen LogP contribution in [-0.2, 0) is 5.60 Å². The summed E-state index contributed by atoms with van der Waals surface area (Å²) >= 11 is 0. The lowest BCUT2D eigenvalue weighted by Gasteiger charge is -2.25. The Hall–Kier alpha value is -1.60. The Labute approximate surface area is 109 Å². The van der Waals surface area contributed by atoms with Crippen LogP contribution in [0.15, 0.2) is 54.6 Å². The van der Waals surface area contributed by atoms with E-state index in [-0.39, 0.29) is 0 Å². The van der Waals surface area contributed by atoms with Crippen molar-refractivity contribution in [2.75, 3.05) is 0 Å². The zero-order valence-electron chi connectivity index (χ0n) is 11.1. The van der Waals surface area contributed by atoms with Gasteiger partial charge in [0.15, 0.2) is 0 Å². The Morgan fingerprint density at radius 2 is 1.28 bits per heavy atom. The first kappa shape index (κ1) is 12.8. The van der Waals surface area contributed by atoms with Crippen LogP contribution >= 0.6 is 0 Å². The van der Waals surface area contributed by atoms with Crippen molar-refractivity contribution in [3.63, 3.8) is 0 Å². The fourth-order valence-corrected chi connectivity index (χ4v) is 2.26. The second-order valence-electron chi connectivity index (χ2n) is 4.68. The monoisotopic (exact) mass is 240 g/mol. The summed E-state index contributed by atoms with van der Waals surface area (Å²) in [5, 5.41) is 10.5. The van der Waals surface area contributed by atoms with E-state index in [0.29, 0.717) is 0 Å². The Morgan fingerprint density at radius 3 is 1.78 bits per heavy atom. The van der Waals surface area contributed by atoms with Gasteiger partial charge < -0.3 is 5.11 Å². The minimum absolute atomic E-state index is 0.685. The lowest BCUT2D eigenvalue weighted by atomic mass is 9.88. The van der Waals surface area contributed by atoms with Crippen LogP contribution in [0.1, 0.15) is 32.3 Å².